The number of anilines is 1. The number of hydrogen-bond acceptors (Lipinski definition) is 6. The van der Waals surface area contributed by atoms with Gasteiger partial charge < -0.3 is 14.8 Å². The first kappa shape index (κ1) is 18.9. The van der Waals surface area contributed by atoms with E-state index < -0.39 is 0 Å². The Kier molecular flexibility index (Phi) is 5.46. The topological polar surface area (TPSA) is 82.5 Å². The number of carbonyl (C=O) groups excluding carboxylic acids is 1. The fraction of sp³-hybridized carbons (Fsp3) is 0.316. The van der Waals surface area contributed by atoms with Crippen LogP contribution in [0.5, 0.6) is 11.5 Å². The maximum atomic E-state index is 12.7. The lowest BCUT2D eigenvalue weighted by molar-refractivity contribution is -0.116. The first-order valence-corrected chi connectivity index (χ1v) is 9.23. The Morgan fingerprint density at radius 3 is 2.67 bits per heavy atom. The van der Waals surface area contributed by atoms with Crippen molar-refractivity contribution in [3.63, 3.8) is 0 Å². The highest BCUT2D eigenvalue weighted by Gasteiger charge is 2.13. The van der Waals surface area contributed by atoms with Crippen molar-refractivity contribution < 1.29 is 14.3 Å². The second-order valence-electron chi connectivity index (χ2n) is 6.07. The third kappa shape index (κ3) is 3.80. The van der Waals surface area contributed by atoms with Crippen molar-refractivity contribution in [2.75, 3.05) is 19.5 Å². The molecule has 0 saturated heterocycles. The molecule has 3 aromatic rings. The molecule has 1 amide bonds. The van der Waals surface area contributed by atoms with E-state index in [0.29, 0.717) is 22.6 Å². The monoisotopic (exact) mass is 387 g/mol. The number of hydrogen-bond donors (Lipinski definition) is 1. The third-order valence-electron chi connectivity index (χ3n) is 4.40. The minimum absolute atomic E-state index is 0.110. The maximum Gasteiger partial charge on any atom is 0.262 e. The SMILES string of the molecule is COc1ccc(NC(=O)CCn2cnc3sc(C)c(C)c3c2=O)cc1OC. The van der Waals surface area contributed by atoms with Crippen LogP contribution in [0.3, 0.4) is 0 Å². The van der Waals surface area contributed by atoms with Gasteiger partial charge >= 0.3 is 0 Å². The highest BCUT2D eigenvalue weighted by atomic mass is 32.1. The van der Waals surface area contributed by atoms with Crippen molar-refractivity contribution in [3.8, 4) is 11.5 Å². The van der Waals surface area contributed by atoms with Crippen molar-refractivity contribution in [1.82, 2.24) is 9.55 Å². The molecule has 0 aliphatic rings. The smallest absolute Gasteiger partial charge is 0.262 e. The molecule has 0 atom stereocenters. The first-order valence-electron chi connectivity index (χ1n) is 8.41. The van der Waals surface area contributed by atoms with E-state index in [1.807, 2.05) is 13.8 Å². The van der Waals surface area contributed by atoms with Crippen molar-refractivity contribution >= 4 is 33.1 Å². The summed E-state index contributed by atoms with van der Waals surface area (Å²) in [5.74, 6) is 0.916. The van der Waals surface area contributed by atoms with Gasteiger partial charge in [-0.2, -0.15) is 0 Å². The van der Waals surface area contributed by atoms with Gasteiger partial charge in [0.25, 0.3) is 5.56 Å². The molecule has 7 nitrogen and oxygen atoms in total. The van der Waals surface area contributed by atoms with Crippen LogP contribution >= 0.6 is 11.3 Å². The molecule has 1 N–H and O–H groups in total. The van der Waals surface area contributed by atoms with Gasteiger partial charge in [-0.1, -0.05) is 0 Å². The number of methoxy groups -OCH3 is 2. The lowest BCUT2D eigenvalue weighted by Gasteiger charge is -2.11. The van der Waals surface area contributed by atoms with E-state index in [1.165, 1.54) is 29.3 Å². The summed E-state index contributed by atoms with van der Waals surface area (Å²) >= 11 is 1.51. The average Bonchev–Trinajstić information content (AvgIpc) is 2.95. The van der Waals surface area contributed by atoms with Crippen LogP contribution in [0.4, 0.5) is 5.69 Å². The summed E-state index contributed by atoms with van der Waals surface area (Å²) in [5, 5.41) is 3.44. The zero-order valence-electron chi connectivity index (χ0n) is 15.7. The molecule has 0 spiro atoms. The summed E-state index contributed by atoms with van der Waals surface area (Å²) in [6, 6.07) is 5.14. The summed E-state index contributed by atoms with van der Waals surface area (Å²) in [6.45, 7) is 4.16. The molecule has 0 radical (unpaired) electrons. The van der Waals surface area contributed by atoms with Crippen LogP contribution in [0, 0.1) is 13.8 Å². The summed E-state index contributed by atoms with van der Waals surface area (Å²) < 4.78 is 11.9. The van der Waals surface area contributed by atoms with Gasteiger partial charge in [-0.15, -0.1) is 11.3 Å². The fourth-order valence-electron chi connectivity index (χ4n) is 2.79. The number of rotatable bonds is 6. The van der Waals surface area contributed by atoms with Crippen LogP contribution in [0.1, 0.15) is 16.9 Å². The molecule has 0 bridgehead atoms. The second-order valence-corrected chi connectivity index (χ2v) is 7.28. The van der Waals surface area contributed by atoms with Crippen LogP contribution in [-0.2, 0) is 11.3 Å². The molecule has 2 heterocycles. The van der Waals surface area contributed by atoms with Crippen LogP contribution in [0.15, 0.2) is 29.3 Å². The Balaban J connectivity index is 1.71. The number of ether oxygens (including phenoxy) is 2. The van der Waals surface area contributed by atoms with E-state index in [-0.39, 0.29) is 24.4 Å². The normalized spacial score (nSPS) is 10.8. The third-order valence-corrected chi connectivity index (χ3v) is 5.52. The number of aryl methyl sites for hydroxylation is 3. The van der Waals surface area contributed by atoms with Gasteiger partial charge in [0.05, 0.1) is 25.9 Å². The molecular weight excluding hydrogens is 366 g/mol. The van der Waals surface area contributed by atoms with Gasteiger partial charge in [-0.3, -0.25) is 14.2 Å². The first-order chi connectivity index (χ1) is 12.9. The Morgan fingerprint density at radius 1 is 1.22 bits per heavy atom. The molecule has 27 heavy (non-hydrogen) atoms. The maximum absolute atomic E-state index is 12.7. The van der Waals surface area contributed by atoms with E-state index >= 15 is 0 Å². The van der Waals surface area contributed by atoms with E-state index in [0.717, 1.165) is 15.3 Å². The van der Waals surface area contributed by atoms with Crippen LogP contribution in [0.25, 0.3) is 10.2 Å². The fourth-order valence-corrected chi connectivity index (χ4v) is 3.78. The number of carbonyl (C=O) groups is 1. The number of nitrogens with one attached hydrogen (secondary N) is 1. The highest BCUT2D eigenvalue weighted by Crippen LogP contribution is 2.29. The summed E-state index contributed by atoms with van der Waals surface area (Å²) in [7, 11) is 3.09. The predicted molar refractivity (Wildman–Crippen MR) is 106 cm³/mol. The minimum Gasteiger partial charge on any atom is -0.493 e. The van der Waals surface area contributed by atoms with Gasteiger partial charge in [0.15, 0.2) is 11.5 Å². The lowest BCUT2D eigenvalue weighted by atomic mass is 10.2. The summed E-state index contributed by atoms with van der Waals surface area (Å²) in [6.07, 6.45) is 1.66. The zero-order valence-corrected chi connectivity index (χ0v) is 16.5. The average molecular weight is 387 g/mol. The van der Waals surface area contributed by atoms with E-state index in [4.69, 9.17) is 9.47 Å². The van der Waals surface area contributed by atoms with Crippen molar-refractivity contribution in [2.24, 2.45) is 0 Å². The number of amides is 1. The quantitative estimate of drug-likeness (QED) is 0.703. The van der Waals surface area contributed by atoms with Crippen molar-refractivity contribution in [2.45, 2.75) is 26.8 Å². The molecule has 2 aromatic heterocycles. The van der Waals surface area contributed by atoms with Gasteiger partial charge in [0.2, 0.25) is 5.91 Å². The van der Waals surface area contributed by atoms with Gasteiger partial charge in [0.1, 0.15) is 4.83 Å². The van der Waals surface area contributed by atoms with Gasteiger partial charge in [0, 0.05) is 29.6 Å². The molecule has 0 aliphatic heterocycles. The lowest BCUT2D eigenvalue weighted by Crippen LogP contribution is -2.23. The number of fused-ring (bicyclic) bond motifs is 1. The molecule has 0 saturated carbocycles. The van der Waals surface area contributed by atoms with Crippen molar-refractivity contribution in [1.29, 1.82) is 0 Å². The molecule has 142 valence electrons. The summed E-state index contributed by atoms with van der Waals surface area (Å²) in [4.78, 5) is 31.1. The Bertz CT molecular complexity index is 1060. The Morgan fingerprint density at radius 2 is 1.96 bits per heavy atom. The minimum atomic E-state index is -0.201. The highest BCUT2D eigenvalue weighted by molar-refractivity contribution is 7.18. The van der Waals surface area contributed by atoms with Crippen molar-refractivity contribution in [3.05, 3.63) is 45.3 Å². The van der Waals surface area contributed by atoms with Crippen LogP contribution < -0.4 is 20.3 Å². The van der Waals surface area contributed by atoms with Gasteiger partial charge in [-0.25, -0.2) is 4.98 Å². The van der Waals surface area contributed by atoms with E-state index in [1.54, 1.807) is 25.3 Å². The molecule has 1 aromatic carbocycles. The largest absolute Gasteiger partial charge is 0.493 e. The molecule has 0 unspecified atom stereocenters. The predicted octanol–water partition coefficient (Wildman–Crippen LogP) is 3.12. The van der Waals surface area contributed by atoms with Crippen LogP contribution in [-0.4, -0.2) is 29.7 Å². The molecular formula is C19H21N3O4S. The molecule has 0 fully saturated rings. The zero-order chi connectivity index (χ0) is 19.6. The summed E-state index contributed by atoms with van der Waals surface area (Å²) in [5.41, 5.74) is 1.44. The Labute approximate surface area is 160 Å². The number of nitrogens with zero attached hydrogens (tertiary/aromatic N) is 2. The standard InChI is InChI=1S/C19H21N3O4S/c1-11-12(2)27-18-17(11)19(24)22(10-20-18)8-7-16(23)21-13-5-6-14(25-3)15(9-13)26-4/h5-6,9-10H,7-8H2,1-4H3,(H,21,23). The number of thiophene rings is 1. The number of aromatic nitrogens is 2. The second kappa shape index (κ2) is 7.79. The van der Waals surface area contributed by atoms with E-state index in [9.17, 15) is 9.59 Å². The Hall–Kier alpha value is -2.87. The van der Waals surface area contributed by atoms with Crippen LogP contribution in [0.2, 0.25) is 0 Å². The number of benzene rings is 1. The molecule has 8 heteroatoms. The van der Waals surface area contributed by atoms with Gasteiger partial charge in [-0.05, 0) is 31.5 Å². The molecule has 0 aliphatic carbocycles. The van der Waals surface area contributed by atoms with E-state index in [2.05, 4.69) is 10.3 Å². The molecule has 3 rings (SSSR count).